The summed E-state index contributed by atoms with van der Waals surface area (Å²) in [6, 6.07) is 9.38. The number of fused-ring (bicyclic) bond motifs is 1. The molecular weight excluding hydrogens is 382 g/mol. The molecule has 2 fully saturated rings. The van der Waals surface area contributed by atoms with E-state index < -0.39 is 23.9 Å². The van der Waals surface area contributed by atoms with Crippen LogP contribution in [0.5, 0.6) is 0 Å². The summed E-state index contributed by atoms with van der Waals surface area (Å²) in [7, 11) is 0. The minimum Gasteiger partial charge on any atom is -0.481 e. The SMILES string of the molecule is O=C(O)C(CCCCc1ccccc1)CCC(=O)N1C2CCCCC2C[C@H]1C(=O)O. The maximum Gasteiger partial charge on any atom is 0.326 e. The molecule has 2 N–H and O–H groups in total. The van der Waals surface area contributed by atoms with Gasteiger partial charge in [-0.1, -0.05) is 49.6 Å². The van der Waals surface area contributed by atoms with Gasteiger partial charge in [0.15, 0.2) is 0 Å². The highest BCUT2D eigenvalue weighted by molar-refractivity contribution is 5.85. The van der Waals surface area contributed by atoms with Crippen molar-refractivity contribution < 1.29 is 24.6 Å². The predicted molar refractivity (Wildman–Crippen MR) is 113 cm³/mol. The number of carbonyl (C=O) groups is 3. The van der Waals surface area contributed by atoms with Gasteiger partial charge in [-0.15, -0.1) is 0 Å². The van der Waals surface area contributed by atoms with Gasteiger partial charge in [-0.2, -0.15) is 0 Å². The molecule has 1 saturated heterocycles. The Labute approximate surface area is 178 Å². The lowest BCUT2D eigenvalue weighted by molar-refractivity contribution is -0.150. The van der Waals surface area contributed by atoms with Crippen molar-refractivity contribution in [3.05, 3.63) is 35.9 Å². The third-order valence-electron chi connectivity index (χ3n) is 6.83. The van der Waals surface area contributed by atoms with Crippen molar-refractivity contribution in [1.82, 2.24) is 4.90 Å². The van der Waals surface area contributed by atoms with E-state index in [4.69, 9.17) is 0 Å². The summed E-state index contributed by atoms with van der Waals surface area (Å²) in [4.78, 5) is 37.9. The zero-order chi connectivity index (χ0) is 21.5. The second-order valence-electron chi connectivity index (χ2n) is 8.81. The van der Waals surface area contributed by atoms with Crippen LogP contribution in [0.15, 0.2) is 30.3 Å². The van der Waals surface area contributed by atoms with Crippen LogP contribution in [0.25, 0.3) is 0 Å². The number of carboxylic acid groups (broad SMARTS) is 2. The maximum absolute atomic E-state index is 12.9. The first-order valence-electron chi connectivity index (χ1n) is 11.3. The zero-order valence-electron chi connectivity index (χ0n) is 17.5. The van der Waals surface area contributed by atoms with Crippen molar-refractivity contribution in [3.63, 3.8) is 0 Å². The number of unbranched alkanes of at least 4 members (excludes halogenated alkanes) is 1. The number of carbonyl (C=O) groups excluding carboxylic acids is 1. The largest absolute Gasteiger partial charge is 0.481 e. The Hall–Kier alpha value is -2.37. The lowest BCUT2D eigenvalue weighted by Crippen LogP contribution is -2.46. The Bertz CT molecular complexity index is 734. The summed E-state index contributed by atoms with van der Waals surface area (Å²) in [5.74, 6) is -2.27. The summed E-state index contributed by atoms with van der Waals surface area (Å²) >= 11 is 0. The molecule has 30 heavy (non-hydrogen) atoms. The lowest BCUT2D eigenvalue weighted by Gasteiger charge is -2.33. The summed E-state index contributed by atoms with van der Waals surface area (Å²) in [6.45, 7) is 0. The molecule has 1 aliphatic carbocycles. The smallest absolute Gasteiger partial charge is 0.326 e. The van der Waals surface area contributed by atoms with Crippen LogP contribution in [0, 0.1) is 11.8 Å². The molecule has 1 aromatic rings. The average molecular weight is 416 g/mol. The monoisotopic (exact) mass is 415 g/mol. The molecule has 3 rings (SSSR count). The van der Waals surface area contributed by atoms with Crippen molar-refractivity contribution in [3.8, 4) is 0 Å². The van der Waals surface area contributed by atoms with Crippen molar-refractivity contribution in [2.45, 2.75) is 82.7 Å². The first-order valence-corrected chi connectivity index (χ1v) is 11.3. The Balaban J connectivity index is 1.50. The fourth-order valence-corrected chi connectivity index (χ4v) is 5.22. The standard InChI is InChI=1S/C24H33NO5/c26-22(25-20-13-7-6-12-19(20)16-21(25)24(29)30)15-14-18(23(27)28)11-5-4-10-17-8-2-1-3-9-17/h1-3,8-9,18-21H,4-7,10-16H2,(H,27,28)(H,29,30)/t18?,19?,20?,21-/m0/s1. The van der Waals surface area contributed by atoms with E-state index in [0.717, 1.165) is 44.9 Å². The first-order chi connectivity index (χ1) is 14.5. The quantitative estimate of drug-likeness (QED) is 0.561. The van der Waals surface area contributed by atoms with Crippen molar-refractivity contribution in [1.29, 1.82) is 0 Å². The molecule has 3 unspecified atom stereocenters. The number of aryl methyl sites for hydroxylation is 1. The van der Waals surface area contributed by atoms with E-state index in [1.807, 2.05) is 18.2 Å². The Morgan fingerprint density at radius 1 is 1.00 bits per heavy atom. The van der Waals surface area contributed by atoms with Gasteiger partial charge in [-0.3, -0.25) is 9.59 Å². The molecule has 164 valence electrons. The molecule has 1 saturated carbocycles. The molecule has 0 radical (unpaired) electrons. The number of benzene rings is 1. The second kappa shape index (κ2) is 10.6. The molecule has 0 aromatic heterocycles. The van der Waals surface area contributed by atoms with Crippen LogP contribution in [0.2, 0.25) is 0 Å². The fourth-order valence-electron chi connectivity index (χ4n) is 5.22. The van der Waals surface area contributed by atoms with Crippen LogP contribution in [0.4, 0.5) is 0 Å². The highest BCUT2D eigenvalue weighted by Gasteiger charge is 2.47. The van der Waals surface area contributed by atoms with Gasteiger partial charge in [0, 0.05) is 12.5 Å². The topological polar surface area (TPSA) is 94.9 Å². The van der Waals surface area contributed by atoms with Crippen molar-refractivity contribution in [2.75, 3.05) is 0 Å². The molecule has 4 atom stereocenters. The number of hydrogen-bond acceptors (Lipinski definition) is 3. The van der Waals surface area contributed by atoms with Gasteiger partial charge < -0.3 is 15.1 Å². The van der Waals surface area contributed by atoms with Crippen LogP contribution in [-0.2, 0) is 20.8 Å². The molecule has 0 bridgehead atoms. The van der Waals surface area contributed by atoms with Gasteiger partial charge in [0.25, 0.3) is 0 Å². The van der Waals surface area contributed by atoms with Gasteiger partial charge in [-0.05, 0) is 56.4 Å². The van der Waals surface area contributed by atoms with E-state index in [2.05, 4.69) is 12.1 Å². The molecule has 1 aromatic carbocycles. The average Bonchev–Trinajstić information content (AvgIpc) is 3.13. The highest BCUT2D eigenvalue weighted by atomic mass is 16.4. The van der Waals surface area contributed by atoms with Crippen LogP contribution < -0.4 is 0 Å². The van der Waals surface area contributed by atoms with Crippen molar-refractivity contribution in [2.24, 2.45) is 11.8 Å². The van der Waals surface area contributed by atoms with Crippen LogP contribution in [0.3, 0.4) is 0 Å². The van der Waals surface area contributed by atoms with Crippen LogP contribution in [0.1, 0.15) is 69.8 Å². The molecule has 1 aliphatic heterocycles. The summed E-state index contributed by atoms with van der Waals surface area (Å²) < 4.78 is 0. The molecule has 1 amide bonds. The lowest BCUT2D eigenvalue weighted by atomic mass is 9.84. The normalized spacial score (nSPS) is 24.3. The van der Waals surface area contributed by atoms with Gasteiger partial charge in [0.1, 0.15) is 6.04 Å². The van der Waals surface area contributed by atoms with Gasteiger partial charge in [-0.25, -0.2) is 4.79 Å². The molecule has 6 nitrogen and oxygen atoms in total. The van der Waals surface area contributed by atoms with E-state index >= 15 is 0 Å². The summed E-state index contributed by atoms with van der Waals surface area (Å²) in [5.41, 5.74) is 1.25. The summed E-state index contributed by atoms with van der Waals surface area (Å²) in [5, 5.41) is 19.2. The molecule has 6 heteroatoms. The van der Waals surface area contributed by atoms with Gasteiger partial charge in [0.05, 0.1) is 5.92 Å². The Kier molecular flexibility index (Phi) is 7.88. The molecular formula is C24H33NO5. The van der Waals surface area contributed by atoms with E-state index in [1.54, 1.807) is 4.90 Å². The van der Waals surface area contributed by atoms with Crippen LogP contribution in [-0.4, -0.2) is 45.0 Å². The fraction of sp³-hybridized carbons (Fsp3) is 0.625. The molecule has 1 heterocycles. The number of carboxylic acids is 2. The second-order valence-corrected chi connectivity index (χ2v) is 8.81. The third-order valence-corrected chi connectivity index (χ3v) is 6.83. The minimum absolute atomic E-state index is 0.0153. The molecule has 2 aliphatic rings. The third kappa shape index (κ3) is 5.61. The number of rotatable bonds is 10. The van der Waals surface area contributed by atoms with Gasteiger partial charge in [0.2, 0.25) is 5.91 Å². The van der Waals surface area contributed by atoms with Gasteiger partial charge >= 0.3 is 11.9 Å². The van der Waals surface area contributed by atoms with E-state index in [-0.39, 0.29) is 30.7 Å². The van der Waals surface area contributed by atoms with Crippen LogP contribution >= 0.6 is 0 Å². The highest BCUT2D eigenvalue weighted by Crippen LogP contribution is 2.40. The van der Waals surface area contributed by atoms with E-state index in [0.29, 0.717) is 12.8 Å². The number of amides is 1. The zero-order valence-corrected chi connectivity index (χ0v) is 17.5. The minimum atomic E-state index is -0.937. The first kappa shape index (κ1) is 22.3. The van der Waals surface area contributed by atoms with Crippen molar-refractivity contribution >= 4 is 17.8 Å². The van der Waals surface area contributed by atoms with E-state index in [1.165, 1.54) is 5.56 Å². The number of nitrogens with zero attached hydrogens (tertiary/aromatic N) is 1. The number of aliphatic carboxylic acids is 2. The van der Waals surface area contributed by atoms with E-state index in [9.17, 15) is 24.6 Å². The Morgan fingerprint density at radius 3 is 2.43 bits per heavy atom. The predicted octanol–water partition coefficient (Wildman–Crippen LogP) is 4.12. The summed E-state index contributed by atoms with van der Waals surface area (Å²) in [6.07, 6.45) is 8.07. The molecule has 0 spiro atoms. The maximum atomic E-state index is 12.9. The Morgan fingerprint density at radius 2 is 1.73 bits per heavy atom. The number of hydrogen-bond donors (Lipinski definition) is 2. The number of likely N-dealkylation sites (tertiary alicyclic amines) is 1.